The molecular formula is C6H10O3. The predicted molar refractivity (Wildman–Crippen MR) is 30.7 cm³/mol. The van der Waals surface area contributed by atoms with Gasteiger partial charge >= 0.3 is 5.97 Å². The van der Waals surface area contributed by atoms with E-state index in [4.69, 9.17) is 5.11 Å². The first-order valence-corrected chi connectivity index (χ1v) is 3.04. The van der Waals surface area contributed by atoms with Crippen molar-refractivity contribution in [1.29, 1.82) is 0 Å². The van der Waals surface area contributed by atoms with Crippen LogP contribution in [0.3, 0.4) is 0 Å². The van der Waals surface area contributed by atoms with Crippen LogP contribution in [-0.2, 0) is 9.53 Å². The zero-order chi connectivity index (χ0) is 6.85. The van der Waals surface area contributed by atoms with Gasteiger partial charge in [0, 0.05) is 5.92 Å². The van der Waals surface area contributed by atoms with Gasteiger partial charge in [-0.25, -0.2) is 0 Å². The maximum atomic E-state index is 10.4. The smallest absolute Gasteiger partial charge is 0.308 e. The Hall–Kier alpha value is -0.570. The first-order valence-electron chi connectivity index (χ1n) is 3.04. The van der Waals surface area contributed by atoms with Gasteiger partial charge < -0.3 is 9.84 Å². The largest absolute Gasteiger partial charge is 0.465 e. The van der Waals surface area contributed by atoms with Gasteiger partial charge in [0.1, 0.15) is 0 Å². The summed E-state index contributed by atoms with van der Waals surface area (Å²) in [7, 11) is 0. The fourth-order valence-corrected chi connectivity index (χ4v) is 0.766. The Labute approximate surface area is 53.6 Å². The molecular weight excluding hydrogens is 120 g/mol. The van der Waals surface area contributed by atoms with Crippen LogP contribution in [0.15, 0.2) is 0 Å². The van der Waals surface area contributed by atoms with Crippen LogP contribution < -0.4 is 0 Å². The maximum absolute atomic E-state index is 10.4. The second kappa shape index (κ2) is 2.35. The van der Waals surface area contributed by atoms with Crippen molar-refractivity contribution in [3.8, 4) is 0 Å². The number of aliphatic hydroxyl groups is 1. The highest BCUT2D eigenvalue weighted by Gasteiger charge is 2.24. The van der Waals surface area contributed by atoms with E-state index in [9.17, 15) is 4.79 Å². The number of carbonyl (C=O) groups excluding carboxylic acids is 1. The molecule has 1 N–H and O–H groups in total. The lowest BCUT2D eigenvalue weighted by atomic mass is 10.0. The monoisotopic (exact) mass is 130 g/mol. The Balaban J connectivity index is 2.44. The summed E-state index contributed by atoms with van der Waals surface area (Å²) < 4.78 is 4.66. The van der Waals surface area contributed by atoms with Crippen LogP contribution >= 0.6 is 0 Å². The number of rotatable bonds is 0. The average molecular weight is 130 g/mol. The quantitative estimate of drug-likeness (QED) is 0.467. The highest BCUT2D eigenvalue weighted by atomic mass is 16.5. The lowest BCUT2D eigenvalue weighted by molar-refractivity contribution is -0.155. The zero-order valence-electron chi connectivity index (χ0n) is 5.33. The first kappa shape index (κ1) is 6.55. The van der Waals surface area contributed by atoms with E-state index in [1.807, 2.05) is 6.92 Å². The molecule has 1 heterocycles. The summed E-state index contributed by atoms with van der Waals surface area (Å²) in [4.78, 5) is 10.4. The summed E-state index contributed by atoms with van der Waals surface area (Å²) in [6.07, 6.45) is -0.340. The zero-order valence-corrected chi connectivity index (χ0v) is 5.33. The van der Waals surface area contributed by atoms with Crippen molar-refractivity contribution in [2.45, 2.75) is 19.4 Å². The fourth-order valence-electron chi connectivity index (χ4n) is 0.766. The van der Waals surface area contributed by atoms with Gasteiger partial charge in [0.05, 0.1) is 19.1 Å². The highest BCUT2D eigenvalue weighted by molar-refractivity contribution is 5.70. The normalized spacial score (nSPS) is 36.0. The second-order valence-electron chi connectivity index (χ2n) is 2.43. The molecule has 3 heteroatoms. The van der Waals surface area contributed by atoms with E-state index in [-0.39, 0.29) is 18.3 Å². The van der Waals surface area contributed by atoms with E-state index < -0.39 is 6.10 Å². The van der Waals surface area contributed by atoms with Crippen LogP contribution in [0.4, 0.5) is 0 Å². The minimum atomic E-state index is -0.494. The summed E-state index contributed by atoms with van der Waals surface area (Å²) in [5.41, 5.74) is 0. The molecule has 0 radical (unpaired) electrons. The third-order valence-electron chi connectivity index (χ3n) is 1.54. The van der Waals surface area contributed by atoms with Crippen molar-refractivity contribution < 1.29 is 14.6 Å². The number of hydrogen-bond donors (Lipinski definition) is 1. The molecule has 2 atom stereocenters. The summed E-state index contributed by atoms with van der Waals surface area (Å²) >= 11 is 0. The van der Waals surface area contributed by atoms with Crippen LogP contribution in [0.1, 0.15) is 13.3 Å². The van der Waals surface area contributed by atoms with E-state index in [0.717, 1.165) is 0 Å². The number of hydrogen-bond acceptors (Lipinski definition) is 3. The summed E-state index contributed by atoms with van der Waals surface area (Å²) in [6.45, 7) is 2.22. The number of ether oxygens (including phenoxy) is 1. The molecule has 1 fully saturated rings. The van der Waals surface area contributed by atoms with Crippen molar-refractivity contribution in [3.63, 3.8) is 0 Å². The molecule has 0 amide bonds. The molecule has 0 saturated carbocycles. The van der Waals surface area contributed by atoms with E-state index in [1.165, 1.54) is 0 Å². The third kappa shape index (κ3) is 1.42. The molecule has 0 unspecified atom stereocenters. The van der Waals surface area contributed by atoms with Gasteiger partial charge in [0.2, 0.25) is 0 Å². The maximum Gasteiger partial charge on any atom is 0.308 e. The molecule has 9 heavy (non-hydrogen) atoms. The molecule has 0 aromatic heterocycles. The Bertz CT molecular complexity index is 121. The molecule has 0 bridgehead atoms. The van der Waals surface area contributed by atoms with E-state index >= 15 is 0 Å². The average Bonchev–Trinajstić information content (AvgIpc) is 1.80. The van der Waals surface area contributed by atoms with Gasteiger partial charge in [0.15, 0.2) is 0 Å². The predicted octanol–water partition coefficient (Wildman–Crippen LogP) is -0.0697. The van der Waals surface area contributed by atoms with Crippen LogP contribution in [0.2, 0.25) is 0 Å². The Kier molecular flexibility index (Phi) is 1.71. The summed E-state index contributed by atoms with van der Waals surface area (Å²) in [6, 6.07) is 0. The van der Waals surface area contributed by atoms with Gasteiger partial charge in [-0.3, -0.25) is 4.79 Å². The van der Waals surface area contributed by atoms with E-state index in [0.29, 0.717) is 6.61 Å². The lowest BCUT2D eigenvalue weighted by Gasteiger charge is -2.22. The molecule has 0 spiro atoms. The Morgan fingerprint density at radius 2 is 2.44 bits per heavy atom. The van der Waals surface area contributed by atoms with Crippen LogP contribution in [0.5, 0.6) is 0 Å². The van der Waals surface area contributed by atoms with Crippen LogP contribution in [-0.4, -0.2) is 23.8 Å². The number of aliphatic hydroxyl groups excluding tert-OH is 1. The van der Waals surface area contributed by atoms with E-state index in [1.54, 1.807) is 0 Å². The first-order chi connectivity index (χ1) is 4.20. The van der Waals surface area contributed by atoms with Crippen molar-refractivity contribution in [1.82, 2.24) is 0 Å². The van der Waals surface area contributed by atoms with Crippen molar-refractivity contribution in [2.24, 2.45) is 5.92 Å². The molecule has 0 aliphatic carbocycles. The number of cyclic esters (lactones) is 1. The molecule has 0 aromatic carbocycles. The summed E-state index contributed by atoms with van der Waals surface area (Å²) in [5.74, 6) is -0.191. The summed E-state index contributed by atoms with van der Waals surface area (Å²) in [5, 5.41) is 9.05. The SMILES string of the molecule is C[C@H]1COC(=O)C[C@@H]1O. The molecule has 52 valence electrons. The molecule has 1 saturated heterocycles. The fraction of sp³-hybridized carbons (Fsp3) is 0.833. The minimum Gasteiger partial charge on any atom is -0.465 e. The van der Waals surface area contributed by atoms with Gasteiger partial charge in [0.25, 0.3) is 0 Å². The van der Waals surface area contributed by atoms with Gasteiger partial charge in [-0.2, -0.15) is 0 Å². The molecule has 0 aromatic rings. The molecule has 1 aliphatic heterocycles. The van der Waals surface area contributed by atoms with Crippen LogP contribution in [0, 0.1) is 5.92 Å². The number of carbonyl (C=O) groups is 1. The van der Waals surface area contributed by atoms with Crippen molar-refractivity contribution in [3.05, 3.63) is 0 Å². The molecule has 1 rings (SSSR count). The second-order valence-corrected chi connectivity index (χ2v) is 2.43. The molecule has 3 nitrogen and oxygen atoms in total. The third-order valence-corrected chi connectivity index (χ3v) is 1.54. The van der Waals surface area contributed by atoms with Gasteiger partial charge in [-0.15, -0.1) is 0 Å². The van der Waals surface area contributed by atoms with Crippen molar-refractivity contribution >= 4 is 5.97 Å². The Morgan fingerprint density at radius 1 is 1.78 bits per heavy atom. The van der Waals surface area contributed by atoms with Crippen molar-refractivity contribution in [2.75, 3.05) is 6.61 Å². The van der Waals surface area contributed by atoms with Gasteiger partial charge in [-0.1, -0.05) is 6.92 Å². The number of esters is 1. The van der Waals surface area contributed by atoms with Gasteiger partial charge in [-0.05, 0) is 0 Å². The van der Waals surface area contributed by atoms with E-state index in [2.05, 4.69) is 4.74 Å². The lowest BCUT2D eigenvalue weighted by Crippen LogP contribution is -2.32. The Morgan fingerprint density at radius 3 is 2.89 bits per heavy atom. The minimum absolute atomic E-state index is 0.0997. The highest BCUT2D eigenvalue weighted by Crippen LogP contribution is 2.13. The standard InChI is InChI=1S/C6H10O3/c1-4-3-9-6(8)2-5(4)7/h4-5,7H,2-3H2,1H3/t4-,5-/m0/s1. The van der Waals surface area contributed by atoms with Crippen LogP contribution in [0.25, 0.3) is 0 Å². The topological polar surface area (TPSA) is 46.5 Å². The molecule has 1 aliphatic rings.